The molecular weight excluding hydrogens is 1470 g/mol. The van der Waals surface area contributed by atoms with Crippen molar-refractivity contribution < 1.29 is 0 Å². The second-order valence-electron chi connectivity index (χ2n) is 32.0. The summed E-state index contributed by atoms with van der Waals surface area (Å²) in [6.07, 6.45) is 1.68. The predicted octanol–water partition coefficient (Wildman–Crippen LogP) is 31.8. The van der Waals surface area contributed by atoms with E-state index in [0.29, 0.717) is 0 Å². The van der Waals surface area contributed by atoms with Crippen molar-refractivity contribution in [2.24, 2.45) is 0 Å². The van der Waals surface area contributed by atoms with Gasteiger partial charge in [0.25, 0.3) is 0 Å². The summed E-state index contributed by atoms with van der Waals surface area (Å²) < 4.78 is 4.59. The van der Waals surface area contributed by atoms with Crippen LogP contribution < -0.4 is 0 Å². The lowest BCUT2D eigenvalue weighted by Gasteiger charge is -2.21. The van der Waals surface area contributed by atoms with E-state index in [0.717, 1.165) is 125 Å². The molecule has 0 bridgehead atoms. The van der Waals surface area contributed by atoms with Gasteiger partial charge in [-0.05, 0) is 279 Å². The number of hydrogen-bond donors (Lipinski definition) is 0. The maximum absolute atomic E-state index is 4.99. The van der Waals surface area contributed by atoms with Crippen LogP contribution in [0.4, 0.5) is 0 Å². The van der Waals surface area contributed by atoms with Crippen molar-refractivity contribution in [2.75, 3.05) is 0 Å². The highest BCUT2D eigenvalue weighted by Gasteiger charge is 2.25. The molecule has 0 atom stereocenters. The number of fused-ring (bicyclic) bond motifs is 6. The largest absolute Gasteiger partial charge is 0.296 e. The number of aromatic nitrogens is 4. The Bertz CT molecular complexity index is 7680. The van der Waals surface area contributed by atoms with Gasteiger partial charge in [0.05, 0.1) is 22.1 Å². The normalized spacial score (nSPS) is 11.6. The van der Waals surface area contributed by atoms with E-state index in [4.69, 9.17) is 9.97 Å². The Morgan fingerprint density at radius 1 is 0.172 bits per heavy atom. The summed E-state index contributed by atoms with van der Waals surface area (Å²) in [5, 5.41) is 9.56. The van der Waals surface area contributed by atoms with Gasteiger partial charge in [-0.1, -0.05) is 360 Å². The first-order chi connectivity index (χ1) is 60.4. The third kappa shape index (κ3) is 13.1. The number of rotatable bonds is 17. The lowest BCUT2D eigenvalue weighted by molar-refractivity contribution is 0.908. The zero-order valence-corrected chi connectivity index (χ0v) is 67.8. The van der Waals surface area contributed by atoms with E-state index in [-0.39, 0.29) is 0 Å². The molecule has 0 radical (unpaired) electrons. The highest BCUT2D eigenvalue weighted by atomic mass is 15.1. The molecule has 0 fully saturated rings. The summed E-state index contributed by atoms with van der Waals surface area (Å²) in [5.41, 5.74) is 36.9. The molecule has 22 rings (SSSR count). The van der Waals surface area contributed by atoms with E-state index in [1.54, 1.807) is 0 Å². The first-order valence-electron chi connectivity index (χ1n) is 42.4. The van der Waals surface area contributed by atoms with Crippen molar-refractivity contribution in [3.63, 3.8) is 0 Å². The van der Waals surface area contributed by atoms with Crippen LogP contribution in [0, 0.1) is 0 Å². The Kier molecular flexibility index (Phi) is 18.5. The lowest BCUT2D eigenvalue weighted by Crippen LogP contribution is -1.99. The van der Waals surface area contributed by atoms with Crippen molar-refractivity contribution in [2.45, 2.75) is 26.7 Å². The quantitative estimate of drug-likeness (QED) is 0.0852. The Morgan fingerprint density at radius 2 is 0.443 bits per heavy atom. The molecular formula is C118H82N4. The van der Waals surface area contributed by atoms with Crippen molar-refractivity contribution in [3.05, 3.63) is 448 Å². The second kappa shape index (κ2) is 31.0. The minimum absolute atomic E-state index is 0.840. The highest BCUT2D eigenvalue weighted by molar-refractivity contribution is 6.25. The first kappa shape index (κ1) is 72.8. The summed E-state index contributed by atoms with van der Waals surface area (Å²) >= 11 is 0. The van der Waals surface area contributed by atoms with Crippen LogP contribution in [0.2, 0.25) is 0 Å². The molecule has 0 unspecified atom stereocenters. The van der Waals surface area contributed by atoms with Crippen molar-refractivity contribution in [1.29, 1.82) is 0 Å². The minimum atomic E-state index is 0.840. The zero-order valence-electron chi connectivity index (χ0n) is 67.8. The molecule has 0 spiro atoms. The van der Waals surface area contributed by atoms with Gasteiger partial charge in [-0.25, -0.2) is 9.97 Å². The fourth-order valence-electron chi connectivity index (χ4n) is 18.9. The van der Waals surface area contributed by atoms with Gasteiger partial charge >= 0.3 is 0 Å². The molecule has 20 aromatic carbocycles. The second-order valence-corrected chi connectivity index (χ2v) is 32.0. The Hall–Kier alpha value is -15.6. The van der Waals surface area contributed by atoms with Crippen LogP contribution in [-0.4, -0.2) is 19.1 Å². The van der Waals surface area contributed by atoms with Gasteiger partial charge in [0, 0.05) is 24.2 Å². The lowest BCUT2D eigenvalue weighted by atomic mass is 9.81. The number of imidazole rings is 2. The Morgan fingerprint density at radius 3 is 0.869 bits per heavy atom. The number of aryl methyl sites for hydroxylation is 2. The van der Waals surface area contributed by atoms with Gasteiger partial charge < -0.3 is 0 Å². The Labute approximate surface area is 710 Å². The maximum Gasteiger partial charge on any atom is 0.114 e. The summed E-state index contributed by atoms with van der Waals surface area (Å²) in [5.74, 6) is 2.11. The molecule has 0 amide bonds. The minimum Gasteiger partial charge on any atom is -0.296 e. The van der Waals surface area contributed by atoms with Crippen molar-refractivity contribution in [3.8, 4) is 156 Å². The number of nitrogens with zero attached hydrogens (tertiary/aromatic N) is 4. The van der Waals surface area contributed by atoms with Gasteiger partial charge in [-0.15, -0.1) is 0 Å². The average Bonchev–Trinajstić information content (AvgIpc) is 0.935. The van der Waals surface area contributed by atoms with Crippen LogP contribution in [0.3, 0.4) is 0 Å². The van der Waals surface area contributed by atoms with Gasteiger partial charge in [0.1, 0.15) is 11.6 Å². The van der Waals surface area contributed by atoms with Gasteiger partial charge in [-0.3, -0.25) is 9.13 Å². The molecule has 2 heterocycles. The summed E-state index contributed by atoms with van der Waals surface area (Å²) in [6, 6.07) is 162. The molecule has 574 valence electrons. The SMILES string of the molecule is CCc1nc2ccccc2n1-c1ccc(-c2ccc(-c3c4ccccc4c(-c4cc(-c5ccccc5)cc(-c5ccccc5)c4)c4cc(-c5ccc(-c6cccc(-c7ccc(-c8ccccc8)cc7-c7c8ccccc8c(-c8ccc(-c9ccc(-n%10c(CC)nc%11ccccc%11%10)cc9)cc8)c8ccc(-c9ccccc9)cc78)c6)cc5)ccc34)cc2)cc1. The van der Waals surface area contributed by atoms with E-state index in [1.165, 1.54) is 121 Å². The summed E-state index contributed by atoms with van der Waals surface area (Å²) in [6.45, 7) is 4.35. The molecule has 0 aliphatic rings. The van der Waals surface area contributed by atoms with Crippen LogP contribution in [0.15, 0.2) is 437 Å². The zero-order chi connectivity index (χ0) is 81.1. The van der Waals surface area contributed by atoms with Gasteiger partial charge in [0.15, 0.2) is 0 Å². The molecule has 2 aromatic heterocycles. The van der Waals surface area contributed by atoms with Gasteiger partial charge in [-0.2, -0.15) is 0 Å². The fraction of sp³-hybridized carbons (Fsp3) is 0.0339. The van der Waals surface area contributed by atoms with E-state index >= 15 is 0 Å². The molecule has 22 aromatic rings. The van der Waals surface area contributed by atoms with Gasteiger partial charge in [0.2, 0.25) is 0 Å². The molecule has 0 aliphatic heterocycles. The summed E-state index contributed by atoms with van der Waals surface area (Å²) in [4.78, 5) is 9.97. The molecule has 0 saturated carbocycles. The van der Waals surface area contributed by atoms with E-state index < -0.39 is 0 Å². The molecule has 0 aliphatic carbocycles. The number of hydrogen-bond acceptors (Lipinski definition) is 2. The fourth-order valence-corrected chi connectivity index (χ4v) is 18.9. The van der Waals surface area contributed by atoms with Crippen LogP contribution in [-0.2, 0) is 12.8 Å². The molecule has 4 heteroatoms. The van der Waals surface area contributed by atoms with E-state index in [2.05, 4.69) is 460 Å². The highest BCUT2D eigenvalue weighted by Crippen LogP contribution is 2.51. The monoisotopic (exact) mass is 1550 g/mol. The standard InChI is InChI=1S/C118H82N4/c1-3-113-119-109-40-21-23-42-111(109)121(113)97-63-56-83(57-64-97)81-48-52-87(53-49-81)115-100-36-17-18-37-101(100)117(96-72-94(79-30-13-7-14-31-79)71-95(73-96)80-32-15-8-16-33-80)107-75-92(62-68-104(107)115)86-46-44-85(45-47-86)89-34-25-35-93(70-89)99-67-60-90(77-26-9-5-10-27-77)74-106(99)118-103-39-20-19-38-102(103)116(105-69-61-91(76-108(105)118)78-28-11-6-12-29-78)88-54-50-82(51-55-88)84-58-65-98(66-59-84)122-112-43-24-22-41-110(112)120-114(122)4-2/h5-76H,3-4H2,1-2H3. The van der Waals surface area contributed by atoms with Crippen molar-refractivity contribution >= 4 is 65.2 Å². The van der Waals surface area contributed by atoms with Crippen LogP contribution in [0.25, 0.3) is 221 Å². The number of benzene rings is 20. The first-order valence-corrected chi connectivity index (χ1v) is 42.4. The van der Waals surface area contributed by atoms with Crippen LogP contribution in [0.1, 0.15) is 25.5 Å². The topological polar surface area (TPSA) is 35.6 Å². The molecule has 122 heavy (non-hydrogen) atoms. The molecule has 0 N–H and O–H groups in total. The number of para-hydroxylation sites is 4. The van der Waals surface area contributed by atoms with Crippen LogP contribution >= 0.6 is 0 Å². The molecule has 4 nitrogen and oxygen atoms in total. The third-order valence-electron chi connectivity index (χ3n) is 24.9. The third-order valence-corrected chi connectivity index (χ3v) is 24.9. The summed E-state index contributed by atoms with van der Waals surface area (Å²) in [7, 11) is 0. The molecule has 0 saturated heterocycles. The average molecular weight is 1560 g/mol. The predicted molar refractivity (Wildman–Crippen MR) is 515 cm³/mol. The maximum atomic E-state index is 4.99. The van der Waals surface area contributed by atoms with E-state index in [9.17, 15) is 0 Å². The van der Waals surface area contributed by atoms with Crippen molar-refractivity contribution in [1.82, 2.24) is 19.1 Å². The Balaban J connectivity index is 0.654. The smallest absolute Gasteiger partial charge is 0.114 e. The van der Waals surface area contributed by atoms with E-state index in [1.807, 2.05) is 0 Å². The van der Waals surface area contributed by atoms with Crippen LogP contribution in [0.5, 0.6) is 0 Å².